The van der Waals surface area contributed by atoms with Gasteiger partial charge in [-0.1, -0.05) is 45.9 Å². The van der Waals surface area contributed by atoms with Crippen LogP contribution in [0.15, 0.2) is 24.3 Å². The molecule has 3 rings (SSSR count). The predicted molar refractivity (Wildman–Crippen MR) is 104 cm³/mol. The molecule has 0 radical (unpaired) electrons. The average molecular weight is 356 g/mol. The smallest absolute Gasteiger partial charge is 0.337 e. The van der Waals surface area contributed by atoms with Crippen molar-refractivity contribution in [1.82, 2.24) is 4.98 Å². The molecule has 1 aliphatic rings. The second-order valence-corrected chi connectivity index (χ2v) is 8.98. The normalized spacial score (nSPS) is 18.1. The molecule has 0 aliphatic heterocycles. The number of nitrogens with zero attached hydrogens (tertiary/aromatic N) is 1. The van der Waals surface area contributed by atoms with Crippen LogP contribution in [-0.2, 0) is 15.6 Å². The van der Waals surface area contributed by atoms with E-state index in [0.717, 1.165) is 10.6 Å². The number of hydrogen-bond donors (Lipinski definition) is 0. The molecule has 0 saturated carbocycles. The standard InChI is InChI=1S/C21H25NO2S/c1-20(2)12-13-21(3,4)18-17(20)22-16(25-18)11-8-14-6-9-15(10-7-14)19(23)24-5/h6-11H,12-13H2,1-5H3. The number of methoxy groups -OCH3 is 1. The summed E-state index contributed by atoms with van der Waals surface area (Å²) in [6, 6.07) is 7.41. The van der Waals surface area contributed by atoms with Gasteiger partial charge in [0.2, 0.25) is 0 Å². The number of aromatic nitrogens is 1. The lowest BCUT2D eigenvalue weighted by Gasteiger charge is -2.37. The Morgan fingerprint density at radius 2 is 1.72 bits per heavy atom. The number of hydrogen-bond acceptors (Lipinski definition) is 4. The van der Waals surface area contributed by atoms with Gasteiger partial charge in [-0.05, 0) is 36.6 Å². The van der Waals surface area contributed by atoms with Crippen LogP contribution in [0.4, 0.5) is 0 Å². The summed E-state index contributed by atoms with van der Waals surface area (Å²) >= 11 is 1.80. The fourth-order valence-corrected chi connectivity index (χ4v) is 4.48. The summed E-state index contributed by atoms with van der Waals surface area (Å²) in [7, 11) is 1.39. The summed E-state index contributed by atoms with van der Waals surface area (Å²) < 4.78 is 4.73. The van der Waals surface area contributed by atoms with Crippen LogP contribution < -0.4 is 0 Å². The van der Waals surface area contributed by atoms with Crippen LogP contribution in [0.2, 0.25) is 0 Å². The number of fused-ring (bicyclic) bond motifs is 1. The van der Waals surface area contributed by atoms with E-state index in [1.807, 2.05) is 18.2 Å². The molecule has 132 valence electrons. The molecule has 1 aromatic carbocycles. The molecule has 0 N–H and O–H groups in total. The van der Waals surface area contributed by atoms with Gasteiger partial charge in [0.25, 0.3) is 0 Å². The molecule has 0 amide bonds. The first-order chi connectivity index (χ1) is 11.7. The van der Waals surface area contributed by atoms with E-state index in [2.05, 4.69) is 33.8 Å². The first kappa shape index (κ1) is 17.9. The molecule has 3 nitrogen and oxygen atoms in total. The first-order valence-corrected chi connectivity index (χ1v) is 9.43. The van der Waals surface area contributed by atoms with Crippen molar-refractivity contribution < 1.29 is 9.53 Å². The lowest BCUT2D eigenvalue weighted by Crippen LogP contribution is -2.32. The third-order valence-corrected chi connectivity index (χ3v) is 6.41. The summed E-state index contributed by atoms with van der Waals surface area (Å²) in [6.07, 6.45) is 6.50. The van der Waals surface area contributed by atoms with Crippen LogP contribution in [0.25, 0.3) is 12.2 Å². The molecular weight excluding hydrogens is 330 g/mol. The Morgan fingerprint density at radius 3 is 2.32 bits per heavy atom. The second kappa shape index (κ2) is 6.41. The Bertz CT molecular complexity index is 779. The van der Waals surface area contributed by atoms with E-state index in [1.54, 1.807) is 23.5 Å². The van der Waals surface area contributed by atoms with E-state index in [9.17, 15) is 4.79 Å². The zero-order valence-corrected chi connectivity index (χ0v) is 16.4. The fraction of sp³-hybridized carbons (Fsp3) is 0.429. The summed E-state index contributed by atoms with van der Waals surface area (Å²) in [5.74, 6) is -0.312. The second-order valence-electron chi connectivity index (χ2n) is 7.94. The van der Waals surface area contributed by atoms with Gasteiger partial charge in [0.15, 0.2) is 0 Å². The van der Waals surface area contributed by atoms with Crippen LogP contribution in [0, 0.1) is 0 Å². The molecule has 1 heterocycles. The van der Waals surface area contributed by atoms with Crippen molar-refractivity contribution in [1.29, 1.82) is 0 Å². The third kappa shape index (κ3) is 3.54. The summed E-state index contributed by atoms with van der Waals surface area (Å²) in [5.41, 5.74) is 3.22. The topological polar surface area (TPSA) is 39.2 Å². The van der Waals surface area contributed by atoms with Gasteiger partial charge in [-0.2, -0.15) is 0 Å². The zero-order chi connectivity index (χ0) is 18.2. The molecule has 2 aromatic rings. The Kier molecular flexibility index (Phi) is 4.58. The van der Waals surface area contributed by atoms with Gasteiger partial charge >= 0.3 is 5.97 Å². The minimum Gasteiger partial charge on any atom is -0.465 e. The number of rotatable bonds is 3. The molecular formula is C21H25NO2S. The number of esters is 1. The molecule has 1 aliphatic carbocycles. The maximum Gasteiger partial charge on any atom is 0.337 e. The van der Waals surface area contributed by atoms with E-state index in [1.165, 1.54) is 30.5 Å². The Morgan fingerprint density at radius 1 is 1.08 bits per heavy atom. The van der Waals surface area contributed by atoms with Crippen LogP contribution >= 0.6 is 11.3 Å². The minimum atomic E-state index is -0.312. The largest absolute Gasteiger partial charge is 0.465 e. The number of benzene rings is 1. The van der Waals surface area contributed by atoms with Crippen molar-refractivity contribution in [3.8, 4) is 0 Å². The summed E-state index contributed by atoms with van der Waals surface area (Å²) in [4.78, 5) is 17.8. The fourth-order valence-electron chi connectivity index (χ4n) is 3.20. The third-order valence-electron chi connectivity index (χ3n) is 5.02. The van der Waals surface area contributed by atoms with Crippen molar-refractivity contribution >= 4 is 29.5 Å². The maximum atomic E-state index is 11.5. The number of thiazole rings is 1. The molecule has 0 unspecified atom stereocenters. The highest BCUT2D eigenvalue weighted by Gasteiger charge is 2.40. The van der Waals surface area contributed by atoms with E-state index < -0.39 is 0 Å². The highest BCUT2D eigenvalue weighted by Crippen LogP contribution is 2.48. The Labute approximate surface area is 153 Å². The van der Waals surface area contributed by atoms with Crippen molar-refractivity contribution in [3.05, 3.63) is 51.0 Å². The van der Waals surface area contributed by atoms with Gasteiger partial charge in [-0.25, -0.2) is 9.78 Å². The van der Waals surface area contributed by atoms with Crippen molar-refractivity contribution in [2.45, 2.75) is 51.4 Å². The van der Waals surface area contributed by atoms with Crippen LogP contribution in [-0.4, -0.2) is 18.1 Å². The first-order valence-electron chi connectivity index (χ1n) is 8.61. The highest BCUT2D eigenvalue weighted by molar-refractivity contribution is 7.12. The van der Waals surface area contributed by atoms with Crippen LogP contribution in [0.5, 0.6) is 0 Å². The Balaban J connectivity index is 1.86. The van der Waals surface area contributed by atoms with Crippen molar-refractivity contribution in [2.24, 2.45) is 0 Å². The molecule has 4 heteroatoms. The monoisotopic (exact) mass is 355 g/mol. The van der Waals surface area contributed by atoms with Gasteiger partial charge < -0.3 is 4.74 Å². The highest BCUT2D eigenvalue weighted by atomic mass is 32.1. The van der Waals surface area contributed by atoms with E-state index >= 15 is 0 Å². The maximum absolute atomic E-state index is 11.5. The van der Waals surface area contributed by atoms with Crippen LogP contribution in [0.1, 0.15) is 72.0 Å². The van der Waals surface area contributed by atoms with Gasteiger partial charge in [0, 0.05) is 15.7 Å². The SMILES string of the molecule is COC(=O)c1ccc(C=Cc2nc3c(s2)C(C)(C)CCC3(C)C)cc1. The van der Waals surface area contributed by atoms with E-state index in [4.69, 9.17) is 9.72 Å². The molecule has 0 atom stereocenters. The van der Waals surface area contributed by atoms with Gasteiger partial charge in [0.05, 0.1) is 18.4 Å². The molecule has 0 fully saturated rings. The number of carbonyl (C=O) groups is 1. The quantitative estimate of drug-likeness (QED) is 0.687. The van der Waals surface area contributed by atoms with Crippen molar-refractivity contribution in [2.75, 3.05) is 7.11 Å². The molecule has 25 heavy (non-hydrogen) atoms. The predicted octanol–water partition coefficient (Wildman–Crippen LogP) is 5.45. The lowest BCUT2D eigenvalue weighted by molar-refractivity contribution is 0.0600. The van der Waals surface area contributed by atoms with Gasteiger partial charge in [-0.3, -0.25) is 0 Å². The van der Waals surface area contributed by atoms with Gasteiger partial charge in [-0.15, -0.1) is 11.3 Å². The summed E-state index contributed by atoms with van der Waals surface area (Å²) in [6.45, 7) is 9.22. The minimum absolute atomic E-state index is 0.148. The lowest BCUT2D eigenvalue weighted by atomic mass is 9.69. The van der Waals surface area contributed by atoms with Gasteiger partial charge in [0.1, 0.15) is 5.01 Å². The van der Waals surface area contributed by atoms with E-state index in [0.29, 0.717) is 5.56 Å². The molecule has 0 spiro atoms. The zero-order valence-electron chi connectivity index (χ0n) is 15.6. The molecule has 0 bridgehead atoms. The summed E-state index contributed by atoms with van der Waals surface area (Å²) in [5, 5.41) is 1.05. The Hall–Kier alpha value is -1.94. The molecule has 1 aromatic heterocycles. The number of ether oxygens (including phenoxy) is 1. The van der Waals surface area contributed by atoms with Crippen molar-refractivity contribution in [3.63, 3.8) is 0 Å². The van der Waals surface area contributed by atoms with Crippen LogP contribution in [0.3, 0.4) is 0 Å². The number of carbonyl (C=O) groups excluding carboxylic acids is 1. The average Bonchev–Trinajstić information content (AvgIpc) is 3.04. The molecule has 0 saturated heterocycles. The van der Waals surface area contributed by atoms with E-state index in [-0.39, 0.29) is 16.8 Å².